The van der Waals surface area contributed by atoms with Gasteiger partial charge in [0.2, 0.25) is 5.91 Å². The van der Waals surface area contributed by atoms with Gasteiger partial charge in [0.05, 0.1) is 5.92 Å². The molecule has 0 aliphatic carbocycles. The minimum atomic E-state index is -0.927. The normalized spacial score (nSPS) is 11.8. The molecule has 0 radical (unpaired) electrons. The average Bonchev–Trinajstić information content (AvgIpc) is 2.23. The first kappa shape index (κ1) is 16.2. The zero-order chi connectivity index (χ0) is 14.1. The second-order valence-corrected chi connectivity index (χ2v) is 4.31. The van der Waals surface area contributed by atoms with Crippen molar-refractivity contribution in [2.45, 2.75) is 20.8 Å². The fraction of sp³-hybridized carbons (Fsp3) is 0.727. The minimum Gasteiger partial charge on any atom is -0.481 e. The van der Waals surface area contributed by atoms with Crippen molar-refractivity contribution in [3.63, 3.8) is 0 Å². The van der Waals surface area contributed by atoms with E-state index in [1.165, 1.54) is 6.92 Å². The molecule has 7 heteroatoms. The van der Waals surface area contributed by atoms with Crippen LogP contribution in [0.4, 0.5) is 4.79 Å². The number of carboxylic acid groups (broad SMARTS) is 1. The van der Waals surface area contributed by atoms with Gasteiger partial charge in [0.15, 0.2) is 0 Å². The third-order valence-electron chi connectivity index (χ3n) is 2.39. The van der Waals surface area contributed by atoms with E-state index in [1.54, 1.807) is 13.8 Å². The highest BCUT2D eigenvalue weighted by molar-refractivity contribution is 5.76. The lowest BCUT2D eigenvalue weighted by Crippen LogP contribution is -2.43. The van der Waals surface area contributed by atoms with Crippen LogP contribution in [0.2, 0.25) is 0 Å². The Kier molecular flexibility index (Phi) is 7.50. The van der Waals surface area contributed by atoms with Crippen molar-refractivity contribution in [2.75, 3.05) is 19.6 Å². The molecular weight excluding hydrogens is 238 g/mol. The maximum atomic E-state index is 11.3. The fourth-order valence-corrected chi connectivity index (χ4v) is 1.29. The number of rotatable bonds is 7. The number of amides is 3. The second-order valence-electron chi connectivity index (χ2n) is 4.31. The van der Waals surface area contributed by atoms with E-state index in [1.807, 2.05) is 0 Å². The summed E-state index contributed by atoms with van der Waals surface area (Å²) in [5, 5.41) is 16.4. The Morgan fingerprint density at radius 2 is 1.61 bits per heavy atom. The molecule has 4 N–H and O–H groups in total. The van der Waals surface area contributed by atoms with Crippen LogP contribution in [-0.2, 0) is 9.59 Å². The van der Waals surface area contributed by atoms with Gasteiger partial charge >= 0.3 is 12.0 Å². The smallest absolute Gasteiger partial charge is 0.314 e. The van der Waals surface area contributed by atoms with Gasteiger partial charge in [0, 0.05) is 26.6 Å². The largest absolute Gasteiger partial charge is 0.481 e. The van der Waals surface area contributed by atoms with E-state index in [-0.39, 0.29) is 18.4 Å². The second kappa shape index (κ2) is 8.32. The predicted octanol–water partition coefficient (Wildman–Crippen LogP) is -0.221. The third-order valence-corrected chi connectivity index (χ3v) is 2.39. The molecule has 0 bridgehead atoms. The fourth-order valence-electron chi connectivity index (χ4n) is 1.29. The molecule has 18 heavy (non-hydrogen) atoms. The Morgan fingerprint density at radius 1 is 1.06 bits per heavy atom. The highest BCUT2D eigenvalue weighted by atomic mass is 16.4. The Balaban J connectivity index is 3.81. The van der Waals surface area contributed by atoms with Crippen LogP contribution in [0.25, 0.3) is 0 Å². The van der Waals surface area contributed by atoms with Crippen molar-refractivity contribution in [3.05, 3.63) is 0 Å². The van der Waals surface area contributed by atoms with Crippen LogP contribution in [0.3, 0.4) is 0 Å². The Bertz CT molecular complexity index is 305. The third kappa shape index (κ3) is 7.48. The molecule has 104 valence electrons. The number of carboxylic acids is 1. The van der Waals surface area contributed by atoms with Crippen LogP contribution in [0.5, 0.6) is 0 Å². The van der Waals surface area contributed by atoms with Gasteiger partial charge in [0.25, 0.3) is 0 Å². The number of carbonyl (C=O) groups is 3. The molecule has 0 heterocycles. The number of nitrogens with one attached hydrogen (secondary N) is 3. The molecule has 1 unspecified atom stereocenters. The molecule has 7 nitrogen and oxygen atoms in total. The number of urea groups is 1. The number of hydrogen-bond acceptors (Lipinski definition) is 3. The lowest BCUT2D eigenvalue weighted by atomic mass is 9.96. The Morgan fingerprint density at radius 3 is 2.06 bits per heavy atom. The van der Waals surface area contributed by atoms with Crippen molar-refractivity contribution in [1.82, 2.24) is 16.0 Å². The van der Waals surface area contributed by atoms with Crippen molar-refractivity contribution in [2.24, 2.45) is 11.8 Å². The summed E-state index contributed by atoms with van der Waals surface area (Å²) in [6, 6.07) is -0.438. The van der Waals surface area contributed by atoms with Crippen LogP contribution in [-0.4, -0.2) is 42.6 Å². The number of aliphatic carboxylic acids is 1. The first-order valence-electron chi connectivity index (χ1n) is 5.83. The van der Waals surface area contributed by atoms with E-state index < -0.39 is 17.9 Å². The molecule has 0 saturated carbocycles. The summed E-state index contributed by atoms with van der Waals surface area (Å²) < 4.78 is 0. The minimum absolute atomic E-state index is 0.0535. The zero-order valence-electron chi connectivity index (χ0n) is 10.9. The van der Waals surface area contributed by atoms with E-state index in [4.69, 9.17) is 5.11 Å². The van der Waals surface area contributed by atoms with Crippen LogP contribution in [0.1, 0.15) is 20.8 Å². The van der Waals surface area contributed by atoms with E-state index in [0.717, 1.165) is 0 Å². The quantitative estimate of drug-likeness (QED) is 0.474. The van der Waals surface area contributed by atoms with Crippen molar-refractivity contribution >= 4 is 17.9 Å². The summed E-state index contributed by atoms with van der Waals surface area (Å²) in [5.41, 5.74) is 0. The van der Waals surface area contributed by atoms with Gasteiger partial charge in [-0.25, -0.2) is 4.79 Å². The first-order chi connectivity index (χ1) is 8.34. The van der Waals surface area contributed by atoms with Crippen LogP contribution in [0, 0.1) is 11.8 Å². The molecule has 0 aromatic carbocycles. The van der Waals surface area contributed by atoms with Gasteiger partial charge in [0.1, 0.15) is 0 Å². The van der Waals surface area contributed by atoms with Gasteiger partial charge in [-0.15, -0.1) is 0 Å². The van der Waals surface area contributed by atoms with Crippen molar-refractivity contribution in [3.8, 4) is 0 Å². The molecule has 0 saturated heterocycles. The summed E-state index contributed by atoms with van der Waals surface area (Å²) in [6.07, 6.45) is 0. The summed E-state index contributed by atoms with van der Waals surface area (Å²) >= 11 is 0. The highest BCUT2D eigenvalue weighted by Gasteiger charge is 2.21. The van der Waals surface area contributed by atoms with E-state index in [0.29, 0.717) is 13.1 Å². The predicted molar refractivity (Wildman–Crippen MR) is 66.0 cm³/mol. The molecule has 0 aromatic heterocycles. The van der Waals surface area contributed by atoms with Gasteiger partial charge in [-0.3, -0.25) is 9.59 Å². The SMILES string of the molecule is CC(=O)NCCNC(=O)NCC(C(=O)O)C(C)C. The Labute approximate surface area is 106 Å². The molecular formula is C11H21N3O4. The van der Waals surface area contributed by atoms with Gasteiger partial charge in [-0.2, -0.15) is 0 Å². The summed E-state index contributed by atoms with van der Waals surface area (Å²) in [7, 11) is 0. The van der Waals surface area contributed by atoms with E-state index in [9.17, 15) is 14.4 Å². The maximum absolute atomic E-state index is 11.3. The molecule has 0 aliphatic rings. The maximum Gasteiger partial charge on any atom is 0.314 e. The Hall–Kier alpha value is -1.79. The molecule has 0 spiro atoms. The number of carbonyl (C=O) groups excluding carboxylic acids is 2. The van der Waals surface area contributed by atoms with Gasteiger partial charge in [-0.1, -0.05) is 13.8 Å². The molecule has 0 aromatic rings. The van der Waals surface area contributed by atoms with Crippen LogP contribution >= 0.6 is 0 Å². The topological polar surface area (TPSA) is 108 Å². The van der Waals surface area contributed by atoms with E-state index in [2.05, 4.69) is 16.0 Å². The molecule has 1 atom stereocenters. The molecule has 0 rings (SSSR count). The van der Waals surface area contributed by atoms with E-state index >= 15 is 0 Å². The molecule has 0 aliphatic heterocycles. The zero-order valence-corrected chi connectivity index (χ0v) is 10.9. The number of hydrogen-bond donors (Lipinski definition) is 4. The average molecular weight is 259 g/mol. The monoisotopic (exact) mass is 259 g/mol. The first-order valence-corrected chi connectivity index (χ1v) is 5.83. The van der Waals surface area contributed by atoms with Crippen LogP contribution in [0.15, 0.2) is 0 Å². The molecule has 0 fully saturated rings. The summed E-state index contributed by atoms with van der Waals surface area (Å²) in [6.45, 7) is 5.68. The van der Waals surface area contributed by atoms with Gasteiger partial charge in [-0.05, 0) is 5.92 Å². The molecule has 3 amide bonds. The summed E-state index contributed by atoms with van der Waals surface area (Å²) in [5.74, 6) is -1.75. The van der Waals surface area contributed by atoms with Crippen LogP contribution < -0.4 is 16.0 Å². The highest BCUT2D eigenvalue weighted by Crippen LogP contribution is 2.09. The lowest BCUT2D eigenvalue weighted by Gasteiger charge is -2.17. The standard InChI is InChI=1S/C11H21N3O4/c1-7(2)9(10(16)17)6-14-11(18)13-5-4-12-8(3)15/h7,9H,4-6H2,1-3H3,(H,12,15)(H,16,17)(H2,13,14,18). The van der Waals surface area contributed by atoms with Gasteiger partial charge < -0.3 is 21.1 Å². The van der Waals surface area contributed by atoms with Crippen molar-refractivity contribution < 1.29 is 19.5 Å². The van der Waals surface area contributed by atoms with Crippen molar-refractivity contribution in [1.29, 1.82) is 0 Å². The lowest BCUT2D eigenvalue weighted by molar-refractivity contribution is -0.143. The summed E-state index contributed by atoms with van der Waals surface area (Å²) in [4.78, 5) is 32.7.